The zero-order valence-electron chi connectivity index (χ0n) is 12.7. The van der Waals surface area contributed by atoms with E-state index in [-0.39, 0.29) is 17.5 Å². The van der Waals surface area contributed by atoms with Crippen molar-refractivity contribution >= 4 is 46.4 Å². The Balaban J connectivity index is 2.17. The molecule has 2 aromatic rings. The maximum Gasteiger partial charge on any atom is 0.244 e. The third-order valence-corrected chi connectivity index (χ3v) is 3.70. The maximum atomic E-state index is 12.2. The lowest BCUT2D eigenvalue weighted by atomic mass is 10.2. The molecule has 0 aliphatic rings. The first-order valence-corrected chi connectivity index (χ1v) is 7.69. The van der Waals surface area contributed by atoms with Gasteiger partial charge in [-0.2, -0.15) is 5.26 Å². The monoisotopic (exact) mass is 361 g/mol. The summed E-state index contributed by atoms with van der Waals surface area (Å²) in [5, 5.41) is 12.2. The molecular weight excluding hydrogens is 349 g/mol. The second kappa shape index (κ2) is 7.82. The van der Waals surface area contributed by atoms with Gasteiger partial charge in [-0.1, -0.05) is 29.3 Å². The van der Waals surface area contributed by atoms with Crippen molar-refractivity contribution in [2.24, 2.45) is 0 Å². The Bertz CT molecular complexity index is 831. The maximum absolute atomic E-state index is 12.2. The van der Waals surface area contributed by atoms with Gasteiger partial charge in [0.1, 0.15) is 6.54 Å². The minimum absolute atomic E-state index is 0.215. The molecule has 2 amide bonds. The number of rotatable bonds is 4. The Labute approximate surface area is 149 Å². The fraction of sp³-hybridized carbons (Fsp3) is 0.118. The van der Waals surface area contributed by atoms with Crippen molar-refractivity contribution in [3.63, 3.8) is 0 Å². The minimum atomic E-state index is -0.411. The van der Waals surface area contributed by atoms with Gasteiger partial charge in [-0.15, -0.1) is 0 Å². The SMILES string of the molecule is CC(=O)N(CC(=O)Nc1cccc(C#N)c1)c1ccc(Cl)cc1Cl. The van der Waals surface area contributed by atoms with E-state index >= 15 is 0 Å². The van der Waals surface area contributed by atoms with E-state index in [2.05, 4.69) is 5.32 Å². The van der Waals surface area contributed by atoms with Gasteiger partial charge in [0.15, 0.2) is 0 Å². The molecule has 2 aromatic carbocycles. The van der Waals surface area contributed by atoms with Gasteiger partial charge in [0.2, 0.25) is 11.8 Å². The Hall–Kier alpha value is -2.55. The second-order valence-electron chi connectivity index (χ2n) is 4.94. The third kappa shape index (κ3) is 4.48. The number of hydrogen-bond acceptors (Lipinski definition) is 3. The summed E-state index contributed by atoms with van der Waals surface area (Å²) in [7, 11) is 0. The molecule has 0 unspecified atom stereocenters. The van der Waals surface area contributed by atoms with Crippen LogP contribution in [0.1, 0.15) is 12.5 Å². The number of anilines is 2. The number of halogens is 2. The number of amides is 2. The number of nitrogens with zero attached hydrogens (tertiary/aromatic N) is 2. The van der Waals surface area contributed by atoms with Crippen molar-refractivity contribution in [1.82, 2.24) is 0 Å². The Kier molecular flexibility index (Phi) is 5.80. The van der Waals surface area contributed by atoms with E-state index in [0.717, 1.165) is 0 Å². The van der Waals surface area contributed by atoms with E-state index in [4.69, 9.17) is 28.5 Å². The average Bonchev–Trinajstić information content (AvgIpc) is 2.53. The average molecular weight is 362 g/mol. The molecule has 1 N–H and O–H groups in total. The summed E-state index contributed by atoms with van der Waals surface area (Å²) < 4.78 is 0. The fourth-order valence-electron chi connectivity index (χ4n) is 2.08. The second-order valence-corrected chi connectivity index (χ2v) is 5.79. The topological polar surface area (TPSA) is 73.2 Å². The highest BCUT2D eigenvalue weighted by Gasteiger charge is 2.18. The molecular formula is C17H13Cl2N3O2. The van der Waals surface area contributed by atoms with Gasteiger partial charge in [0, 0.05) is 17.6 Å². The quantitative estimate of drug-likeness (QED) is 0.898. The molecule has 0 bridgehead atoms. The van der Waals surface area contributed by atoms with Crippen LogP contribution in [0.3, 0.4) is 0 Å². The molecule has 24 heavy (non-hydrogen) atoms. The molecule has 0 aliphatic carbocycles. The molecule has 0 aliphatic heterocycles. The van der Waals surface area contributed by atoms with Crippen molar-refractivity contribution in [3.05, 3.63) is 58.1 Å². The van der Waals surface area contributed by atoms with Gasteiger partial charge in [0.05, 0.1) is 22.3 Å². The molecule has 5 nitrogen and oxygen atoms in total. The molecule has 0 radical (unpaired) electrons. The molecule has 0 saturated carbocycles. The largest absolute Gasteiger partial charge is 0.324 e. The molecule has 0 saturated heterocycles. The third-order valence-electron chi connectivity index (χ3n) is 3.16. The van der Waals surface area contributed by atoms with Gasteiger partial charge in [-0.3, -0.25) is 9.59 Å². The van der Waals surface area contributed by atoms with Crippen molar-refractivity contribution in [2.75, 3.05) is 16.8 Å². The van der Waals surface area contributed by atoms with Gasteiger partial charge in [0.25, 0.3) is 0 Å². The summed E-state index contributed by atoms with van der Waals surface area (Å²) >= 11 is 12.0. The lowest BCUT2D eigenvalue weighted by molar-refractivity contribution is -0.120. The van der Waals surface area contributed by atoms with Crippen LogP contribution in [0.25, 0.3) is 0 Å². The predicted molar refractivity (Wildman–Crippen MR) is 94.3 cm³/mol. The Morgan fingerprint density at radius 1 is 1.21 bits per heavy atom. The normalized spacial score (nSPS) is 9.92. The van der Waals surface area contributed by atoms with E-state index in [9.17, 15) is 9.59 Å². The van der Waals surface area contributed by atoms with Crippen molar-refractivity contribution < 1.29 is 9.59 Å². The first-order valence-electron chi connectivity index (χ1n) is 6.94. The van der Waals surface area contributed by atoms with E-state index in [1.54, 1.807) is 36.4 Å². The zero-order chi connectivity index (χ0) is 17.7. The van der Waals surface area contributed by atoms with Crippen LogP contribution in [0.15, 0.2) is 42.5 Å². The molecule has 0 spiro atoms. The highest BCUT2D eigenvalue weighted by molar-refractivity contribution is 6.36. The summed E-state index contributed by atoms with van der Waals surface area (Å²) in [6, 6.07) is 13.2. The van der Waals surface area contributed by atoms with Crippen molar-refractivity contribution in [3.8, 4) is 6.07 Å². The van der Waals surface area contributed by atoms with Crippen LogP contribution >= 0.6 is 23.2 Å². The molecule has 0 heterocycles. The Morgan fingerprint density at radius 3 is 2.58 bits per heavy atom. The van der Waals surface area contributed by atoms with E-state index in [1.165, 1.54) is 17.9 Å². The van der Waals surface area contributed by atoms with E-state index in [1.807, 2.05) is 6.07 Å². The van der Waals surface area contributed by atoms with E-state index < -0.39 is 5.91 Å². The number of hydrogen-bond donors (Lipinski definition) is 1. The number of nitriles is 1. The molecule has 0 fully saturated rings. The molecule has 0 aromatic heterocycles. The number of benzene rings is 2. The highest BCUT2D eigenvalue weighted by atomic mass is 35.5. The van der Waals surface area contributed by atoms with Gasteiger partial charge in [-0.05, 0) is 36.4 Å². The highest BCUT2D eigenvalue weighted by Crippen LogP contribution is 2.29. The fourth-order valence-corrected chi connectivity index (χ4v) is 2.59. The molecule has 0 atom stereocenters. The standard InChI is InChI=1S/C17H13Cl2N3O2/c1-11(23)22(16-6-5-13(18)8-15(16)19)10-17(24)21-14-4-2-3-12(7-14)9-20/h2-8H,10H2,1H3,(H,21,24). The lowest BCUT2D eigenvalue weighted by Gasteiger charge is -2.22. The summed E-state index contributed by atoms with van der Waals surface area (Å²) in [5.41, 5.74) is 1.30. The summed E-state index contributed by atoms with van der Waals surface area (Å²) in [6.07, 6.45) is 0. The predicted octanol–water partition coefficient (Wildman–Crippen LogP) is 3.86. The number of nitrogens with one attached hydrogen (secondary N) is 1. The van der Waals surface area contributed by atoms with Crippen LogP contribution < -0.4 is 10.2 Å². The molecule has 2 rings (SSSR count). The number of carbonyl (C=O) groups excluding carboxylic acids is 2. The summed E-state index contributed by atoms with van der Waals surface area (Å²) in [4.78, 5) is 25.4. The smallest absolute Gasteiger partial charge is 0.244 e. The molecule has 7 heteroatoms. The summed E-state index contributed by atoms with van der Waals surface area (Å²) in [6.45, 7) is 1.13. The first-order chi connectivity index (χ1) is 11.4. The van der Waals surface area contributed by atoms with Crippen LogP contribution in [-0.4, -0.2) is 18.4 Å². The van der Waals surface area contributed by atoms with Crippen LogP contribution in [0, 0.1) is 11.3 Å². The van der Waals surface area contributed by atoms with Crippen LogP contribution in [0.5, 0.6) is 0 Å². The summed E-state index contributed by atoms with van der Waals surface area (Å²) in [5.74, 6) is -0.744. The van der Waals surface area contributed by atoms with Gasteiger partial charge >= 0.3 is 0 Å². The van der Waals surface area contributed by atoms with Crippen LogP contribution in [-0.2, 0) is 9.59 Å². The first kappa shape index (κ1) is 17.8. The lowest BCUT2D eigenvalue weighted by Crippen LogP contribution is -2.36. The van der Waals surface area contributed by atoms with Crippen molar-refractivity contribution in [2.45, 2.75) is 6.92 Å². The van der Waals surface area contributed by atoms with Crippen molar-refractivity contribution in [1.29, 1.82) is 5.26 Å². The van der Waals surface area contributed by atoms with Gasteiger partial charge in [-0.25, -0.2) is 0 Å². The van der Waals surface area contributed by atoms with Crippen LogP contribution in [0.4, 0.5) is 11.4 Å². The van der Waals surface area contributed by atoms with Gasteiger partial charge < -0.3 is 10.2 Å². The molecule has 122 valence electrons. The number of carbonyl (C=O) groups is 2. The van der Waals surface area contributed by atoms with E-state index in [0.29, 0.717) is 22.0 Å². The minimum Gasteiger partial charge on any atom is -0.324 e. The Morgan fingerprint density at radius 2 is 1.96 bits per heavy atom. The van der Waals surface area contributed by atoms with Crippen LogP contribution in [0.2, 0.25) is 10.0 Å². The zero-order valence-corrected chi connectivity index (χ0v) is 14.2.